The van der Waals surface area contributed by atoms with Crippen LogP contribution in [0, 0.1) is 5.92 Å². The molecule has 1 aliphatic rings. The van der Waals surface area contributed by atoms with Crippen molar-refractivity contribution in [2.45, 2.75) is 38.8 Å². The molecule has 0 aromatic heterocycles. The summed E-state index contributed by atoms with van der Waals surface area (Å²) in [4.78, 5) is 35.9. The van der Waals surface area contributed by atoms with Crippen molar-refractivity contribution in [2.75, 3.05) is 13.7 Å². The molecule has 7 nitrogen and oxygen atoms in total. The third-order valence-electron chi connectivity index (χ3n) is 2.79. The molecule has 1 rings (SSSR count). The Hall–Kier alpha value is -1.79. The molecule has 1 amide bonds. The van der Waals surface area contributed by atoms with Crippen LogP contribution < -0.4 is 0 Å². The van der Waals surface area contributed by atoms with Gasteiger partial charge >= 0.3 is 18.0 Å². The molecule has 1 fully saturated rings. The lowest BCUT2D eigenvalue weighted by atomic mass is 10.0. The van der Waals surface area contributed by atoms with Crippen molar-refractivity contribution < 1.29 is 29.0 Å². The highest BCUT2D eigenvalue weighted by Gasteiger charge is 2.47. The van der Waals surface area contributed by atoms with Crippen LogP contribution in [0.15, 0.2) is 0 Å². The van der Waals surface area contributed by atoms with Crippen molar-refractivity contribution in [3.05, 3.63) is 0 Å². The topological polar surface area (TPSA) is 93.1 Å². The van der Waals surface area contributed by atoms with Crippen LogP contribution in [0.1, 0.15) is 27.2 Å². The van der Waals surface area contributed by atoms with Crippen LogP contribution in [-0.4, -0.2) is 53.3 Å². The molecule has 0 aromatic rings. The largest absolute Gasteiger partial charge is 0.481 e. The fourth-order valence-electron chi connectivity index (χ4n) is 1.99. The van der Waals surface area contributed by atoms with Gasteiger partial charge in [-0.3, -0.25) is 9.69 Å². The van der Waals surface area contributed by atoms with Crippen molar-refractivity contribution in [3.8, 4) is 0 Å². The molecule has 1 aliphatic heterocycles. The molecule has 0 aromatic carbocycles. The van der Waals surface area contributed by atoms with E-state index in [1.54, 1.807) is 20.8 Å². The molecule has 1 heterocycles. The molecule has 0 aliphatic carbocycles. The average molecular weight is 273 g/mol. The van der Waals surface area contributed by atoms with E-state index in [4.69, 9.17) is 9.84 Å². The van der Waals surface area contributed by atoms with E-state index in [1.165, 1.54) is 0 Å². The van der Waals surface area contributed by atoms with Gasteiger partial charge in [0.15, 0.2) is 0 Å². The molecule has 0 spiro atoms. The lowest BCUT2D eigenvalue weighted by Gasteiger charge is -2.28. The monoisotopic (exact) mass is 273 g/mol. The number of carboxylic acids is 1. The van der Waals surface area contributed by atoms with Gasteiger partial charge in [0.25, 0.3) is 0 Å². The van der Waals surface area contributed by atoms with E-state index in [0.717, 1.165) is 12.0 Å². The minimum Gasteiger partial charge on any atom is -0.481 e. The Kier molecular flexibility index (Phi) is 4.39. The van der Waals surface area contributed by atoms with Gasteiger partial charge in [0.05, 0.1) is 13.0 Å². The Labute approximate surface area is 111 Å². The van der Waals surface area contributed by atoms with Crippen molar-refractivity contribution in [1.82, 2.24) is 4.90 Å². The molecule has 0 bridgehead atoms. The highest BCUT2D eigenvalue weighted by atomic mass is 16.6. The summed E-state index contributed by atoms with van der Waals surface area (Å²) in [5.74, 6) is -2.82. The predicted octanol–water partition coefficient (Wildman–Crippen LogP) is 0.870. The summed E-state index contributed by atoms with van der Waals surface area (Å²) in [6, 6.07) is -1.13. The van der Waals surface area contributed by atoms with E-state index in [2.05, 4.69) is 4.74 Å². The maximum atomic E-state index is 12.0. The number of carboxylic acid groups (broad SMARTS) is 1. The van der Waals surface area contributed by atoms with E-state index in [-0.39, 0.29) is 13.0 Å². The first-order chi connectivity index (χ1) is 8.67. The zero-order chi connectivity index (χ0) is 14.8. The summed E-state index contributed by atoms with van der Waals surface area (Å²) in [6.45, 7) is 5.25. The number of ether oxygens (including phenoxy) is 2. The summed E-state index contributed by atoms with van der Waals surface area (Å²) in [5.41, 5.74) is -0.709. The number of esters is 1. The third-order valence-corrected chi connectivity index (χ3v) is 2.79. The zero-order valence-electron chi connectivity index (χ0n) is 11.5. The molecular weight excluding hydrogens is 254 g/mol. The molecule has 1 N–H and O–H groups in total. The van der Waals surface area contributed by atoms with E-state index in [9.17, 15) is 14.4 Å². The fourth-order valence-corrected chi connectivity index (χ4v) is 1.99. The lowest BCUT2D eigenvalue weighted by molar-refractivity contribution is -0.153. The van der Waals surface area contributed by atoms with Crippen LogP contribution in [0.3, 0.4) is 0 Å². The lowest BCUT2D eigenvalue weighted by Crippen LogP contribution is -2.47. The maximum Gasteiger partial charge on any atom is 0.411 e. The first-order valence-electron chi connectivity index (χ1n) is 5.97. The second-order valence-electron chi connectivity index (χ2n) is 5.38. The maximum absolute atomic E-state index is 12.0. The zero-order valence-corrected chi connectivity index (χ0v) is 11.5. The van der Waals surface area contributed by atoms with Gasteiger partial charge in [-0.25, -0.2) is 9.59 Å². The number of nitrogens with zero attached hydrogens (tertiary/aromatic N) is 1. The molecule has 0 unspecified atom stereocenters. The Balaban J connectivity index is 2.91. The van der Waals surface area contributed by atoms with Crippen molar-refractivity contribution in [1.29, 1.82) is 0 Å². The Morgan fingerprint density at radius 1 is 1.26 bits per heavy atom. The van der Waals surface area contributed by atoms with Gasteiger partial charge in [-0.05, 0) is 27.2 Å². The number of hydrogen-bond acceptors (Lipinski definition) is 5. The van der Waals surface area contributed by atoms with E-state index in [1.807, 2.05) is 0 Å². The first-order valence-corrected chi connectivity index (χ1v) is 5.97. The van der Waals surface area contributed by atoms with Gasteiger partial charge in [-0.15, -0.1) is 0 Å². The summed E-state index contributed by atoms with van der Waals surface area (Å²) >= 11 is 0. The van der Waals surface area contributed by atoms with Gasteiger partial charge in [-0.1, -0.05) is 0 Å². The van der Waals surface area contributed by atoms with Crippen LogP contribution in [0.5, 0.6) is 0 Å². The van der Waals surface area contributed by atoms with Gasteiger partial charge in [-0.2, -0.15) is 0 Å². The summed E-state index contributed by atoms with van der Waals surface area (Å²) in [6.07, 6.45) is -0.499. The van der Waals surface area contributed by atoms with Gasteiger partial charge in [0.2, 0.25) is 0 Å². The first kappa shape index (κ1) is 15.3. The standard InChI is InChI=1S/C12H19NO6/c1-12(2,3)19-11(17)13-6-5-7(9(14)15)8(13)10(16)18-4/h7-8H,5-6H2,1-4H3,(H,14,15)/t7-,8-/m0/s1. The number of rotatable bonds is 2. The molecule has 19 heavy (non-hydrogen) atoms. The van der Waals surface area contributed by atoms with Crippen LogP contribution in [-0.2, 0) is 19.1 Å². The number of hydrogen-bond donors (Lipinski definition) is 1. The Morgan fingerprint density at radius 2 is 1.84 bits per heavy atom. The van der Waals surface area contributed by atoms with Gasteiger partial charge < -0.3 is 14.6 Å². The summed E-state index contributed by atoms with van der Waals surface area (Å²) in [7, 11) is 1.16. The van der Waals surface area contributed by atoms with Gasteiger partial charge in [0.1, 0.15) is 11.6 Å². The normalized spacial score (nSPS) is 23.1. The van der Waals surface area contributed by atoms with Crippen molar-refractivity contribution >= 4 is 18.0 Å². The highest BCUT2D eigenvalue weighted by Crippen LogP contribution is 2.27. The highest BCUT2D eigenvalue weighted by molar-refractivity contribution is 5.88. The summed E-state index contributed by atoms with van der Waals surface area (Å²) < 4.78 is 9.73. The van der Waals surface area contributed by atoms with E-state index < -0.39 is 35.6 Å². The fraction of sp³-hybridized carbons (Fsp3) is 0.750. The number of likely N-dealkylation sites (tertiary alicyclic amines) is 1. The van der Waals surface area contributed by atoms with Crippen molar-refractivity contribution in [3.63, 3.8) is 0 Å². The number of carbonyl (C=O) groups is 3. The predicted molar refractivity (Wildman–Crippen MR) is 64.5 cm³/mol. The molecule has 2 atom stereocenters. The van der Waals surface area contributed by atoms with Crippen LogP contribution in [0.25, 0.3) is 0 Å². The van der Waals surface area contributed by atoms with E-state index >= 15 is 0 Å². The van der Waals surface area contributed by atoms with Crippen molar-refractivity contribution in [2.24, 2.45) is 5.92 Å². The van der Waals surface area contributed by atoms with E-state index in [0.29, 0.717) is 0 Å². The molecule has 1 saturated heterocycles. The Bertz CT molecular complexity index is 386. The number of carbonyl (C=O) groups excluding carboxylic acids is 2. The number of aliphatic carboxylic acids is 1. The number of methoxy groups -OCH3 is 1. The Morgan fingerprint density at radius 3 is 2.26 bits per heavy atom. The average Bonchev–Trinajstić information content (AvgIpc) is 2.70. The van der Waals surface area contributed by atoms with Crippen LogP contribution in [0.2, 0.25) is 0 Å². The SMILES string of the molecule is COC(=O)[C@@H]1[C@@H](C(=O)O)CCN1C(=O)OC(C)(C)C. The summed E-state index contributed by atoms with van der Waals surface area (Å²) in [5, 5.41) is 9.07. The molecule has 0 saturated carbocycles. The van der Waals surface area contributed by atoms with Crippen LogP contribution >= 0.6 is 0 Å². The molecule has 7 heteroatoms. The van der Waals surface area contributed by atoms with Gasteiger partial charge in [0, 0.05) is 6.54 Å². The second kappa shape index (κ2) is 5.46. The minimum absolute atomic E-state index is 0.158. The molecular formula is C12H19NO6. The third kappa shape index (κ3) is 3.59. The molecule has 0 radical (unpaired) electrons. The van der Waals surface area contributed by atoms with Crippen LogP contribution in [0.4, 0.5) is 4.79 Å². The quantitative estimate of drug-likeness (QED) is 0.750. The smallest absolute Gasteiger partial charge is 0.411 e. The second-order valence-corrected chi connectivity index (χ2v) is 5.38. The molecule has 108 valence electrons. The number of amides is 1. The minimum atomic E-state index is -1.13.